The van der Waals surface area contributed by atoms with Gasteiger partial charge in [-0.3, -0.25) is 9.69 Å². The van der Waals surface area contributed by atoms with Gasteiger partial charge in [-0.1, -0.05) is 48.5 Å². The first kappa shape index (κ1) is 22.3. The van der Waals surface area contributed by atoms with Crippen molar-refractivity contribution >= 4 is 5.91 Å². The van der Waals surface area contributed by atoms with Crippen LogP contribution < -0.4 is 4.74 Å². The van der Waals surface area contributed by atoms with Crippen LogP contribution in [0.15, 0.2) is 60.7 Å². The van der Waals surface area contributed by atoms with Crippen molar-refractivity contribution in [2.75, 3.05) is 52.7 Å². The highest BCUT2D eigenvalue weighted by Gasteiger charge is 2.23. The summed E-state index contributed by atoms with van der Waals surface area (Å²) in [5.41, 5.74) is 1.12. The second kappa shape index (κ2) is 12.3. The van der Waals surface area contributed by atoms with E-state index >= 15 is 0 Å². The van der Waals surface area contributed by atoms with Gasteiger partial charge in [-0.25, -0.2) is 0 Å². The molecule has 1 aliphatic heterocycles. The molecule has 6 heteroatoms. The average Bonchev–Trinajstić information content (AvgIpc) is 2.79. The molecular formula is C24H32N2O4. The Morgan fingerprint density at radius 1 is 1.03 bits per heavy atom. The molecule has 30 heavy (non-hydrogen) atoms. The van der Waals surface area contributed by atoms with Gasteiger partial charge in [0, 0.05) is 32.2 Å². The Hall–Kier alpha value is -2.41. The lowest BCUT2D eigenvalue weighted by molar-refractivity contribution is -0.139. The van der Waals surface area contributed by atoms with Gasteiger partial charge < -0.3 is 19.1 Å². The lowest BCUT2D eigenvalue weighted by Gasteiger charge is -2.35. The standard InChI is InChI=1S/C24H32N2O4/c1-21(18-25-12-14-28-15-13-25)26(19-22-8-4-2-5-9-22)24(27)20-29-16-17-30-23-10-6-3-7-11-23/h2-11,21H,12-20H2,1H3. The van der Waals surface area contributed by atoms with Gasteiger partial charge in [0.15, 0.2) is 0 Å². The molecule has 1 saturated heterocycles. The second-order valence-corrected chi connectivity index (χ2v) is 7.48. The number of carbonyl (C=O) groups excluding carboxylic acids is 1. The highest BCUT2D eigenvalue weighted by Crippen LogP contribution is 2.12. The predicted octanol–water partition coefficient (Wildman–Crippen LogP) is 2.83. The molecule has 0 N–H and O–H groups in total. The zero-order valence-electron chi connectivity index (χ0n) is 17.7. The fourth-order valence-electron chi connectivity index (χ4n) is 3.50. The van der Waals surface area contributed by atoms with Crippen LogP contribution in [-0.4, -0.2) is 74.4 Å². The molecule has 1 heterocycles. The lowest BCUT2D eigenvalue weighted by Crippen LogP contribution is -2.48. The molecule has 2 aromatic carbocycles. The molecule has 6 nitrogen and oxygen atoms in total. The molecular weight excluding hydrogens is 380 g/mol. The van der Waals surface area contributed by atoms with Crippen LogP contribution in [0.3, 0.4) is 0 Å². The first-order valence-corrected chi connectivity index (χ1v) is 10.6. The largest absolute Gasteiger partial charge is 0.491 e. The lowest BCUT2D eigenvalue weighted by atomic mass is 10.1. The molecule has 2 aromatic rings. The molecule has 3 rings (SSSR count). The number of para-hydroxylation sites is 1. The number of ether oxygens (including phenoxy) is 3. The van der Waals surface area contributed by atoms with E-state index in [-0.39, 0.29) is 18.6 Å². The zero-order chi connectivity index (χ0) is 21.0. The third-order valence-electron chi connectivity index (χ3n) is 5.14. The minimum absolute atomic E-state index is 0.000626. The summed E-state index contributed by atoms with van der Waals surface area (Å²) in [4.78, 5) is 17.3. The van der Waals surface area contributed by atoms with Crippen molar-refractivity contribution < 1.29 is 19.0 Å². The van der Waals surface area contributed by atoms with Gasteiger partial charge in [0.05, 0.1) is 19.8 Å². The first-order chi connectivity index (χ1) is 14.7. The molecule has 1 unspecified atom stereocenters. The molecule has 1 fully saturated rings. The summed E-state index contributed by atoms with van der Waals surface area (Å²) in [5, 5.41) is 0. The van der Waals surface area contributed by atoms with Crippen molar-refractivity contribution in [1.82, 2.24) is 9.80 Å². The maximum absolute atomic E-state index is 13.0. The Bertz CT molecular complexity index is 735. The van der Waals surface area contributed by atoms with Gasteiger partial charge in [-0.05, 0) is 24.6 Å². The van der Waals surface area contributed by atoms with E-state index < -0.39 is 0 Å². The van der Waals surface area contributed by atoms with E-state index in [2.05, 4.69) is 24.0 Å². The highest BCUT2D eigenvalue weighted by molar-refractivity contribution is 5.77. The zero-order valence-corrected chi connectivity index (χ0v) is 17.7. The molecule has 1 aliphatic rings. The van der Waals surface area contributed by atoms with Crippen molar-refractivity contribution in [3.63, 3.8) is 0 Å². The Kier molecular flexibility index (Phi) is 9.15. The van der Waals surface area contributed by atoms with Crippen molar-refractivity contribution in [3.05, 3.63) is 66.2 Å². The smallest absolute Gasteiger partial charge is 0.249 e. The number of amides is 1. The second-order valence-electron chi connectivity index (χ2n) is 7.48. The van der Waals surface area contributed by atoms with Crippen molar-refractivity contribution in [1.29, 1.82) is 0 Å². The molecule has 0 saturated carbocycles. The van der Waals surface area contributed by atoms with Crippen LogP contribution in [0.2, 0.25) is 0 Å². The number of morpholine rings is 1. The molecule has 0 aliphatic carbocycles. The maximum atomic E-state index is 13.0. The SMILES string of the molecule is CC(CN1CCOCC1)N(Cc1ccccc1)C(=O)COCCOc1ccccc1. The molecule has 1 amide bonds. The van der Waals surface area contributed by atoms with E-state index in [1.807, 2.05) is 53.4 Å². The summed E-state index contributed by atoms with van der Waals surface area (Å²) in [6, 6.07) is 19.8. The van der Waals surface area contributed by atoms with Crippen LogP contribution in [0, 0.1) is 0 Å². The van der Waals surface area contributed by atoms with Crippen LogP contribution >= 0.6 is 0 Å². The highest BCUT2D eigenvalue weighted by atomic mass is 16.5. The summed E-state index contributed by atoms with van der Waals surface area (Å²) in [7, 11) is 0. The summed E-state index contributed by atoms with van der Waals surface area (Å²) in [6.07, 6.45) is 0. The van der Waals surface area contributed by atoms with E-state index in [1.165, 1.54) is 0 Å². The van der Waals surface area contributed by atoms with E-state index in [1.54, 1.807) is 0 Å². The predicted molar refractivity (Wildman–Crippen MR) is 116 cm³/mol. The quantitative estimate of drug-likeness (QED) is 0.531. The fraction of sp³-hybridized carbons (Fsp3) is 0.458. The van der Waals surface area contributed by atoms with E-state index in [4.69, 9.17) is 14.2 Å². The third-order valence-corrected chi connectivity index (χ3v) is 5.14. The van der Waals surface area contributed by atoms with E-state index in [0.29, 0.717) is 19.8 Å². The summed E-state index contributed by atoms with van der Waals surface area (Å²) in [6.45, 7) is 7.68. The van der Waals surface area contributed by atoms with Gasteiger partial charge in [-0.2, -0.15) is 0 Å². The first-order valence-electron chi connectivity index (χ1n) is 10.6. The normalized spacial score (nSPS) is 15.5. The van der Waals surface area contributed by atoms with Crippen LogP contribution in [0.25, 0.3) is 0 Å². The Balaban J connectivity index is 1.49. The number of nitrogens with zero attached hydrogens (tertiary/aromatic N) is 2. The summed E-state index contributed by atoms with van der Waals surface area (Å²) in [5.74, 6) is 0.802. The molecule has 162 valence electrons. The van der Waals surface area contributed by atoms with Crippen molar-refractivity contribution in [3.8, 4) is 5.75 Å². The van der Waals surface area contributed by atoms with Gasteiger partial charge in [-0.15, -0.1) is 0 Å². The Morgan fingerprint density at radius 3 is 2.40 bits per heavy atom. The number of hydrogen-bond donors (Lipinski definition) is 0. The van der Waals surface area contributed by atoms with Gasteiger partial charge in [0.2, 0.25) is 5.91 Å². The van der Waals surface area contributed by atoms with E-state index in [9.17, 15) is 4.79 Å². The summed E-state index contributed by atoms with van der Waals surface area (Å²) < 4.78 is 16.7. The van der Waals surface area contributed by atoms with Crippen LogP contribution in [-0.2, 0) is 20.8 Å². The molecule has 0 radical (unpaired) electrons. The summed E-state index contributed by atoms with van der Waals surface area (Å²) >= 11 is 0. The van der Waals surface area contributed by atoms with Crippen LogP contribution in [0.4, 0.5) is 0 Å². The number of hydrogen-bond acceptors (Lipinski definition) is 5. The maximum Gasteiger partial charge on any atom is 0.249 e. The molecule has 0 spiro atoms. The van der Waals surface area contributed by atoms with Gasteiger partial charge in [0.1, 0.15) is 19.0 Å². The van der Waals surface area contributed by atoms with Gasteiger partial charge in [0.25, 0.3) is 0 Å². The molecule has 1 atom stereocenters. The third kappa shape index (κ3) is 7.44. The van der Waals surface area contributed by atoms with Crippen molar-refractivity contribution in [2.45, 2.75) is 19.5 Å². The minimum Gasteiger partial charge on any atom is -0.491 e. The minimum atomic E-state index is -0.000626. The molecule has 0 aromatic heterocycles. The number of benzene rings is 2. The van der Waals surface area contributed by atoms with Gasteiger partial charge >= 0.3 is 0 Å². The monoisotopic (exact) mass is 412 g/mol. The Labute approximate surface area is 179 Å². The van der Waals surface area contributed by atoms with Crippen LogP contribution in [0.5, 0.6) is 5.75 Å². The number of carbonyl (C=O) groups is 1. The van der Waals surface area contributed by atoms with Crippen molar-refractivity contribution in [2.24, 2.45) is 0 Å². The average molecular weight is 413 g/mol. The number of rotatable bonds is 11. The Morgan fingerprint density at radius 2 is 1.70 bits per heavy atom. The van der Waals surface area contributed by atoms with E-state index in [0.717, 1.165) is 44.2 Å². The molecule has 0 bridgehead atoms. The van der Waals surface area contributed by atoms with Crippen LogP contribution in [0.1, 0.15) is 12.5 Å². The fourth-order valence-corrected chi connectivity index (χ4v) is 3.50. The topological polar surface area (TPSA) is 51.2 Å².